The van der Waals surface area contributed by atoms with Gasteiger partial charge in [0.2, 0.25) is 0 Å². The second-order valence-electron chi connectivity index (χ2n) is 5.43. The highest BCUT2D eigenvalue weighted by Gasteiger charge is 2.23. The smallest absolute Gasteiger partial charge is 0.264 e. The predicted octanol–water partition coefficient (Wildman–Crippen LogP) is 1.35. The minimum absolute atomic E-state index is 0.0876. The van der Waals surface area contributed by atoms with Gasteiger partial charge in [-0.2, -0.15) is 0 Å². The van der Waals surface area contributed by atoms with Crippen LogP contribution in [0.5, 0.6) is 5.75 Å². The number of carbonyl (C=O) groups is 1. The molecule has 0 spiro atoms. The zero-order valence-corrected chi connectivity index (χ0v) is 14.3. The van der Waals surface area contributed by atoms with E-state index in [0.717, 1.165) is 35.9 Å². The van der Waals surface area contributed by atoms with Gasteiger partial charge in [-0.15, -0.1) is 5.10 Å². The number of carbonyl (C=O) groups excluding carboxylic acids is 1. The highest BCUT2D eigenvalue weighted by Crippen LogP contribution is 2.23. The number of ether oxygens (including phenoxy) is 2. The fourth-order valence-corrected chi connectivity index (χ4v) is 3.15. The van der Waals surface area contributed by atoms with Crippen molar-refractivity contribution in [1.82, 2.24) is 19.8 Å². The van der Waals surface area contributed by atoms with Gasteiger partial charge >= 0.3 is 0 Å². The number of nitrogens with zero attached hydrogens (tertiary/aromatic N) is 3. The molecule has 3 rings (SSSR count). The molecular weight excluding hydrogens is 328 g/mol. The molecule has 1 N–H and O–H groups in total. The molecule has 1 aromatic heterocycles. The molecule has 8 heteroatoms. The summed E-state index contributed by atoms with van der Waals surface area (Å²) in [6.45, 7) is 3.62. The van der Waals surface area contributed by atoms with Crippen molar-refractivity contribution in [3.8, 4) is 5.75 Å². The number of hydrogen-bond acceptors (Lipinski definition) is 7. The van der Waals surface area contributed by atoms with E-state index in [-0.39, 0.29) is 11.9 Å². The van der Waals surface area contributed by atoms with Crippen LogP contribution in [0.15, 0.2) is 30.5 Å². The van der Waals surface area contributed by atoms with E-state index in [0.29, 0.717) is 24.6 Å². The maximum Gasteiger partial charge on any atom is 0.264 e. The molecule has 2 heterocycles. The number of methoxy groups -OCH3 is 1. The minimum Gasteiger partial charge on any atom is -0.497 e. The molecule has 1 aliphatic rings. The number of benzene rings is 1. The van der Waals surface area contributed by atoms with Gasteiger partial charge in [0.25, 0.3) is 5.91 Å². The van der Waals surface area contributed by atoms with E-state index in [1.165, 1.54) is 6.20 Å². The highest BCUT2D eigenvalue weighted by atomic mass is 32.1. The number of morpholine rings is 1. The predicted molar refractivity (Wildman–Crippen MR) is 90.4 cm³/mol. The van der Waals surface area contributed by atoms with E-state index in [9.17, 15) is 4.79 Å². The van der Waals surface area contributed by atoms with E-state index in [1.807, 2.05) is 24.3 Å². The van der Waals surface area contributed by atoms with Gasteiger partial charge in [-0.25, -0.2) is 0 Å². The first-order valence-electron chi connectivity index (χ1n) is 7.79. The molecule has 1 unspecified atom stereocenters. The van der Waals surface area contributed by atoms with Gasteiger partial charge < -0.3 is 14.8 Å². The lowest BCUT2D eigenvalue weighted by Gasteiger charge is -2.35. The second kappa shape index (κ2) is 8.18. The van der Waals surface area contributed by atoms with Crippen molar-refractivity contribution in [2.45, 2.75) is 6.04 Å². The second-order valence-corrected chi connectivity index (χ2v) is 6.21. The average molecular weight is 348 g/mol. The molecule has 0 radical (unpaired) electrons. The van der Waals surface area contributed by atoms with E-state index in [4.69, 9.17) is 9.47 Å². The zero-order chi connectivity index (χ0) is 16.8. The third-order valence-electron chi connectivity index (χ3n) is 4.03. The summed E-state index contributed by atoms with van der Waals surface area (Å²) < 4.78 is 14.4. The van der Waals surface area contributed by atoms with Crippen LogP contribution < -0.4 is 10.1 Å². The Labute approximate surface area is 144 Å². The number of hydrogen-bond donors (Lipinski definition) is 1. The van der Waals surface area contributed by atoms with Gasteiger partial charge in [-0.1, -0.05) is 16.6 Å². The molecule has 1 aliphatic heterocycles. The van der Waals surface area contributed by atoms with E-state index in [2.05, 4.69) is 19.8 Å². The lowest BCUT2D eigenvalue weighted by atomic mass is 10.0. The molecule has 1 aromatic carbocycles. The molecule has 2 aromatic rings. The van der Waals surface area contributed by atoms with E-state index in [1.54, 1.807) is 7.11 Å². The summed E-state index contributed by atoms with van der Waals surface area (Å²) in [7, 11) is 1.65. The van der Waals surface area contributed by atoms with Crippen molar-refractivity contribution in [3.05, 3.63) is 40.9 Å². The van der Waals surface area contributed by atoms with Gasteiger partial charge in [-0.3, -0.25) is 9.69 Å². The Hall–Kier alpha value is -2.03. The minimum atomic E-state index is -0.142. The van der Waals surface area contributed by atoms with Crippen LogP contribution in [-0.2, 0) is 4.74 Å². The Morgan fingerprint density at radius 2 is 2.12 bits per heavy atom. The van der Waals surface area contributed by atoms with Crippen molar-refractivity contribution in [2.24, 2.45) is 0 Å². The average Bonchev–Trinajstić information content (AvgIpc) is 3.18. The van der Waals surface area contributed by atoms with Crippen molar-refractivity contribution < 1.29 is 14.3 Å². The Kier molecular flexibility index (Phi) is 5.73. The first-order valence-corrected chi connectivity index (χ1v) is 8.56. The third-order valence-corrected chi connectivity index (χ3v) is 4.69. The highest BCUT2D eigenvalue weighted by molar-refractivity contribution is 7.07. The molecule has 128 valence electrons. The molecule has 24 heavy (non-hydrogen) atoms. The van der Waals surface area contributed by atoms with Crippen molar-refractivity contribution in [2.75, 3.05) is 40.0 Å². The van der Waals surface area contributed by atoms with Crippen molar-refractivity contribution in [1.29, 1.82) is 0 Å². The lowest BCUT2D eigenvalue weighted by Crippen LogP contribution is -2.43. The normalized spacial score (nSPS) is 16.5. The van der Waals surface area contributed by atoms with Crippen molar-refractivity contribution >= 4 is 17.4 Å². The Morgan fingerprint density at radius 1 is 1.38 bits per heavy atom. The van der Waals surface area contributed by atoms with Gasteiger partial charge in [0, 0.05) is 19.6 Å². The van der Waals surface area contributed by atoms with Crippen LogP contribution in [0.25, 0.3) is 0 Å². The zero-order valence-electron chi connectivity index (χ0n) is 13.5. The van der Waals surface area contributed by atoms with Crippen LogP contribution >= 0.6 is 11.5 Å². The maximum atomic E-state index is 12.2. The summed E-state index contributed by atoms with van der Waals surface area (Å²) in [4.78, 5) is 15.0. The lowest BCUT2D eigenvalue weighted by molar-refractivity contribution is 0.0162. The molecule has 1 fully saturated rings. The van der Waals surface area contributed by atoms with Crippen molar-refractivity contribution in [3.63, 3.8) is 0 Å². The molecule has 1 amide bonds. The summed E-state index contributed by atoms with van der Waals surface area (Å²) in [5.74, 6) is 0.677. The van der Waals surface area contributed by atoms with Crippen LogP contribution in [-0.4, -0.2) is 60.4 Å². The summed E-state index contributed by atoms with van der Waals surface area (Å²) in [5.41, 5.74) is 1.14. The quantitative estimate of drug-likeness (QED) is 0.849. The van der Waals surface area contributed by atoms with Gasteiger partial charge in [0.1, 0.15) is 10.6 Å². The van der Waals surface area contributed by atoms with Crippen LogP contribution in [0.2, 0.25) is 0 Å². The monoisotopic (exact) mass is 348 g/mol. The van der Waals surface area contributed by atoms with Crippen LogP contribution in [0, 0.1) is 0 Å². The fraction of sp³-hybridized carbons (Fsp3) is 0.438. The topological polar surface area (TPSA) is 76.6 Å². The van der Waals surface area contributed by atoms with Gasteiger partial charge in [0.05, 0.1) is 32.6 Å². The van der Waals surface area contributed by atoms with Gasteiger partial charge in [0.15, 0.2) is 0 Å². The molecule has 0 saturated carbocycles. The largest absolute Gasteiger partial charge is 0.497 e. The molecular formula is C16H20N4O3S. The molecule has 1 saturated heterocycles. The van der Waals surface area contributed by atoms with Crippen LogP contribution in [0.3, 0.4) is 0 Å². The Morgan fingerprint density at radius 3 is 2.75 bits per heavy atom. The molecule has 0 bridgehead atoms. The van der Waals surface area contributed by atoms with E-state index < -0.39 is 0 Å². The summed E-state index contributed by atoms with van der Waals surface area (Å²) >= 11 is 1.10. The summed E-state index contributed by atoms with van der Waals surface area (Å²) in [5, 5.41) is 6.69. The number of nitrogens with one attached hydrogen (secondary N) is 1. The SMILES string of the molecule is COc1ccc(C(CNC(=O)c2cnns2)N2CCOCC2)cc1. The standard InChI is InChI=1S/C16H20N4O3S/c1-22-13-4-2-12(3-5-13)14(20-6-8-23-9-7-20)10-17-16(21)15-11-18-19-24-15/h2-5,11,14H,6-10H2,1H3,(H,17,21). The Balaban J connectivity index is 1.72. The third kappa shape index (κ3) is 4.08. The first-order chi connectivity index (χ1) is 11.8. The van der Waals surface area contributed by atoms with E-state index >= 15 is 0 Å². The maximum absolute atomic E-state index is 12.2. The number of amides is 1. The number of aromatic nitrogens is 2. The number of rotatable bonds is 6. The summed E-state index contributed by atoms with van der Waals surface area (Å²) in [6, 6.07) is 8.05. The Bertz CT molecular complexity index is 642. The molecule has 1 atom stereocenters. The molecule has 0 aliphatic carbocycles. The van der Waals surface area contributed by atoms with Gasteiger partial charge in [-0.05, 0) is 29.2 Å². The fourth-order valence-electron chi connectivity index (χ4n) is 2.72. The molecule has 7 nitrogen and oxygen atoms in total. The van der Waals surface area contributed by atoms with Crippen LogP contribution in [0.1, 0.15) is 21.3 Å². The first kappa shape index (κ1) is 16.8. The van der Waals surface area contributed by atoms with Crippen LogP contribution in [0.4, 0.5) is 0 Å². The summed E-state index contributed by atoms with van der Waals surface area (Å²) in [6.07, 6.45) is 1.48.